The van der Waals surface area contributed by atoms with Crippen LogP contribution in [-0.4, -0.2) is 19.2 Å². The summed E-state index contributed by atoms with van der Waals surface area (Å²) in [5.74, 6) is -0.409. The highest BCUT2D eigenvalue weighted by Gasteiger charge is 2.23. The van der Waals surface area contributed by atoms with Crippen LogP contribution in [-0.2, 0) is 10.0 Å². The molecule has 0 bridgehead atoms. The lowest BCUT2D eigenvalue weighted by Gasteiger charge is -2.11. The number of sulfonamides is 1. The Kier molecular flexibility index (Phi) is 5.57. The predicted molar refractivity (Wildman–Crippen MR) is 107 cm³/mol. The van der Waals surface area contributed by atoms with Gasteiger partial charge in [-0.1, -0.05) is 17.7 Å². The van der Waals surface area contributed by atoms with Gasteiger partial charge in [0.2, 0.25) is 0 Å². The second-order valence-electron chi connectivity index (χ2n) is 5.92. The minimum absolute atomic E-state index is 0.0426. The smallest absolute Gasteiger partial charge is 0.291 e. The van der Waals surface area contributed by atoms with E-state index in [0.717, 1.165) is 12.1 Å². The maximum absolute atomic E-state index is 12.7. The van der Waals surface area contributed by atoms with E-state index in [4.69, 9.17) is 16.0 Å². The predicted octanol–water partition coefficient (Wildman–Crippen LogP) is 4.20. The molecule has 0 fully saturated rings. The average Bonchev–Trinajstić information content (AvgIpc) is 3.18. The summed E-state index contributed by atoms with van der Waals surface area (Å²) in [5, 5.41) is 13.7. The Morgan fingerprint density at radius 3 is 2.52 bits per heavy atom. The number of benzene rings is 2. The lowest BCUT2D eigenvalue weighted by molar-refractivity contribution is -0.385. The van der Waals surface area contributed by atoms with Crippen LogP contribution in [0.1, 0.15) is 16.1 Å². The Bertz CT molecular complexity index is 1190. The SMILES string of the molecule is Cc1c(Cl)cc(S(=O)(=O)Nc2cccc(NC(=O)c3ccco3)c2)cc1[N+](=O)[O-]. The van der Waals surface area contributed by atoms with Gasteiger partial charge in [-0.15, -0.1) is 0 Å². The zero-order valence-electron chi connectivity index (χ0n) is 14.9. The van der Waals surface area contributed by atoms with E-state index in [1.165, 1.54) is 37.5 Å². The molecule has 0 saturated heterocycles. The van der Waals surface area contributed by atoms with E-state index < -0.39 is 26.5 Å². The fourth-order valence-electron chi connectivity index (χ4n) is 2.46. The number of halogens is 1. The van der Waals surface area contributed by atoms with E-state index in [1.807, 2.05) is 0 Å². The van der Waals surface area contributed by atoms with Crippen molar-refractivity contribution in [2.45, 2.75) is 11.8 Å². The standard InChI is InChI=1S/C18H14ClN3O6S/c1-11-15(19)9-14(10-16(11)22(24)25)29(26,27)21-13-5-2-4-12(8-13)20-18(23)17-6-3-7-28-17/h2-10,21H,1H3,(H,20,23). The van der Waals surface area contributed by atoms with Crippen molar-refractivity contribution in [1.82, 2.24) is 0 Å². The topological polar surface area (TPSA) is 132 Å². The normalized spacial score (nSPS) is 11.1. The number of hydrogen-bond acceptors (Lipinski definition) is 6. The minimum Gasteiger partial charge on any atom is -0.459 e. The number of anilines is 2. The van der Waals surface area contributed by atoms with Crippen molar-refractivity contribution in [3.05, 3.63) is 81.3 Å². The van der Waals surface area contributed by atoms with Gasteiger partial charge in [0.1, 0.15) is 0 Å². The van der Waals surface area contributed by atoms with Gasteiger partial charge in [-0.05, 0) is 43.3 Å². The second-order valence-corrected chi connectivity index (χ2v) is 8.01. The first-order chi connectivity index (χ1) is 13.7. The quantitative estimate of drug-likeness (QED) is 0.440. The minimum atomic E-state index is -4.17. The number of furan rings is 1. The number of nitro groups is 1. The van der Waals surface area contributed by atoms with Gasteiger partial charge < -0.3 is 9.73 Å². The molecule has 1 heterocycles. The highest BCUT2D eigenvalue weighted by molar-refractivity contribution is 7.92. The van der Waals surface area contributed by atoms with Gasteiger partial charge in [0, 0.05) is 17.3 Å². The van der Waals surface area contributed by atoms with Crippen molar-refractivity contribution in [2.75, 3.05) is 10.0 Å². The molecule has 3 aromatic rings. The Balaban J connectivity index is 1.86. The van der Waals surface area contributed by atoms with Crippen LogP contribution in [0.15, 0.2) is 64.1 Å². The molecule has 0 radical (unpaired) electrons. The van der Waals surface area contributed by atoms with Crippen molar-refractivity contribution in [1.29, 1.82) is 0 Å². The Labute approximate surface area is 170 Å². The first-order valence-electron chi connectivity index (χ1n) is 8.09. The molecule has 29 heavy (non-hydrogen) atoms. The van der Waals surface area contributed by atoms with Crippen LogP contribution in [0.5, 0.6) is 0 Å². The van der Waals surface area contributed by atoms with Crippen LogP contribution < -0.4 is 10.0 Å². The summed E-state index contributed by atoms with van der Waals surface area (Å²) in [6.07, 6.45) is 1.35. The fourth-order valence-corrected chi connectivity index (χ4v) is 3.83. The summed E-state index contributed by atoms with van der Waals surface area (Å²) in [6, 6.07) is 11.1. The number of nitro benzene ring substituents is 1. The van der Waals surface area contributed by atoms with Crippen molar-refractivity contribution >= 4 is 44.6 Å². The first-order valence-corrected chi connectivity index (χ1v) is 9.96. The molecule has 0 aliphatic rings. The van der Waals surface area contributed by atoms with E-state index >= 15 is 0 Å². The lowest BCUT2D eigenvalue weighted by atomic mass is 10.2. The van der Waals surface area contributed by atoms with Crippen LogP contribution in [0.2, 0.25) is 5.02 Å². The Morgan fingerprint density at radius 2 is 1.86 bits per heavy atom. The summed E-state index contributed by atoms with van der Waals surface area (Å²) >= 11 is 5.95. The van der Waals surface area contributed by atoms with Crippen LogP contribution >= 0.6 is 11.6 Å². The average molecular weight is 436 g/mol. The Hall–Kier alpha value is -3.37. The molecule has 2 aromatic carbocycles. The third-order valence-electron chi connectivity index (χ3n) is 3.92. The van der Waals surface area contributed by atoms with Crippen molar-refractivity contribution in [3.63, 3.8) is 0 Å². The summed E-state index contributed by atoms with van der Waals surface area (Å²) < 4.78 is 32.6. The summed E-state index contributed by atoms with van der Waals surface area (Å²) in [4.78, 5) is 22.1. The van der Waals surface area contributed by atoms with Crippen LogP contribution in [0.4, 0.5) is 17.1 Å². The number of hydrogen-bond donors (Lipinski definition) is 2. The van der Waals surface area contributed by atoms with Crippen LogP contribution in [0.25, 0.3) is 0 Å². The van der Waals surface area contributed by atoms with Gasteiger partial charge in [0.15, 0.2) is 5.76 Å². The zero-order chi connectivity index (χ0) is 21.2. The first kappa shape index (κ1) is 20.4. The summed E-state index contributed by atoms with van der Waals surface area (Å²) in [6.45, 7) is 1.43. The highest BCUT2D eigenvalue weighted by Crippen LogP contribution is 2.30. The van der Waals surface area contributed by atoms with Crippen molar-refractivity contribution in [3.8, 4) is 0 Å². The number of amides is 1. The van der Waals surface area contributed by atoms with E-state index in [2.05, 4.69) is 10.0 Å². The molecule has 2 N–H and O–H groups in total. The monoisotopic (exact) mass is 435 g/mol. The summed E-state index contributed by atoms with van der Waals surface area (Å²) in [7, 11) is -4.17. The van der Waals surface area contributed by atoms with E-state index in [0.29, 0.717) is 5.69 Å². The highest BCUT2D eigenvalue weighted by atomic mass is 35.5. The van der Waals surface area contributed by atoms with Crippen LogP contribution in [0.3, 0.4) is 0 Å². The van der Waals surface area contributed by atoms with Crippen molar-refractivity contribution < 1.29 is 22.6 Å². The molecule has 0 saturated carbocycles. The maximum Gasteiger partial charge on any atom is 0.291 e. The van der Waals surface area contributed by atoms with Gasteiger partial charge in [-0.25, -0.2) is 8.42 Å². The molecule has 0 unspecified atom stereocenters. The molecule has 0 spiro atoms. The van der Waals surface area contributed by atoms with E-state index in [-0.39, 0.29) is 26.9 Å². The molecular weight excluding hydrogens is 422 g/mol. The molecule has 0 aliphatic heterocycles. The van der Waals surface area contributed by atoms with E-state index in [1.54, 1.807) is 12.1 Å². The van der Waals surface area contributed by atoms with Crippen molar-refractivity contribution in [2.24, 2.45) is 0 Å². The molecule has 1 amide bonds. The third kappa shape index (κ3) is 4.55. The van der Waals surface area contributed by atoms with E-state index in [9.17, 15) is 23.3 Å². The molecule has 9 nitrogen and oxygen atoms in total. The number of carbonyl (C=O) groups excluding carboxylic acids is 1. The lowest BCUT2D eigenvalue weighted by Crippen LogP contribution is -2.14. The zero-order valence-corrected chi connectivity index (χ0v) is 16.5. The number of nitrogens with one attached hydrogen (secondary N) is 2. The fraction of sp³-hybridized carbons (Fsp3) is 0.0556. The maximum atomic E-state index is 12.7. The molecule has 0 atom stereocenters. The second kappa shape index (κ2) is 7.94. The van der Waals surface area contributed by atoms with Gasteiger partial charge in [0.05, 0.1) is 26.8 Å². The van der Waals surface area contributed by atoms with Gasteiger partial charge >= 0.3 is 0 Å². The molecule has 0 aliphatic carbocycles. The molecule has 150 valence electrons. The van der Waals surface area contributed by atoms with Gasteiger partial charge in [-0.3, -0.25) is 19.6 Å². The Morgan fingerprint density at radius 1 is 1.14 bits per heavy atom. The number of rotatable bonds is 6. The molecule has 1 aromatic heterocycles. The number of nitrogens with zero attached hydrogens (tertiary/aromatic N) is 1. The number of carbonyl (C=O) groups is 1. The summed E-state index contributed by atoms with van der Waals surface area (Å²) in [5.41, 5.74) is 0.219. The van der Waals surface area contributed by atoms with Gasteiger partial charge in [-0.2, -0.15) is 0 Å². The van der Waals surface area contributed by atoms with Crippen LogP contribution in [0, 0.1) is 17.0 Å². The largest absolute Gasteiger partial charge is 0.459 e. The third-order valence-corrected chi connectivity index (χ3v) is 5.67. The molecular formula is C18H14ClN3O6S. The molecule has 3 rings (SSSR count). The van der Waals surface area contributed by atoms with Gasteiger partial charge in [0.25, 0.3) is 21.6 Å². The molecule has 11 heteroatoms.